The molecule has 1 aromatic rings. The Hall–Kier alpha value is -1.43. The zero-order chi connectivity index (χ0) is 13.7. The highest BCUT2D eigenvalue weighted by atomic mass is 35.5. The van der Waals surface area contributed by atoms with Crippen LogP contribution in [0.3, 0.4) is 0 Å². The van der Waals surface area contributed by atoms with E-state index in [0.29, 0.717) is 0 Å². The molecule has 0 saturated heterocycles. The average molecular weight is 280 g/mol. The van der Waals surface area contributed by atoms with E-state index in [1.807, 2.05) is 4.98 Å². The fraction of sp³-hybridized carbons (Fsp3) is 0.455. The average Bonchev–Trinajstić information content (AvgIpc) is 2.30. The maximum Gasteiger partial charge on any atom is 0.310 e. The molecule has 0 amide bonds. The number of rotatable bonds is 5. The number of carbonyl (C=O) groups is 1. The molecule has 1 heterocycles. The third kappa shape index (κ3) is 3.53. The van der Waals surface area contributed by atoms with Crippen molar-refractivity contribution in [3.8, 4) is 0 Å². The highest BCUT2D eigenvalue weighted by molar-refractivity contribution is 6.17. The van der Waals surface area contributed by atoms with E-state index in [2.05, 4.69) is 4.74 Å². The third-order valence-corrected chi connectivity index (χ3v) is 2.52. The lowest BCUT2D eigenvalue weighted by molar-refractivity contribution is -0.142. The number of halogens is 3. The third-order valence-electron chi connectivity index (χ3n) is 2.24. The van der Waals surface area contributed by atoms with Crippen LogP contribution in [0.15, 0.2) is 10.9 Å². The number of hydrogen-bond acceptors (Lipinski definition) is 3. The highest BCUT2D eigenvalue weighted by Gasteiger charge is 2.18. The van der Waals surface area contributed by atoms with Gasteiger partial charge in [0.05, 0.1) is 24.6 Å². The van der Waals surface area contributed by atoms with Crippen LogP contribution < -0.4 is 5.56 Å². The minimum absolute atomic E-state index is 0.0266. The zero-order valence-corrected chi connectivity index (χ0v) is 10.4. The normalized spacial score (nSPS) is 10.7. The van der Waals surface area contributed by atoms with Crippen molar-refractivity contribution in [3.63, 3.8) is 0 Å². The zero-order valence-electron chi connectivity index (χ0n) is 9.63. The molecule has 0 fully saturated rings. The molecule has 1 rings (SSSR count). The van der Waals surface area contributed by atoms with Gasteiger partial charge in [-0.3, -0.25) is 9.59 Å². The molecule has 0 aliphatic rings. The van der Waals surface area contributed by atoms with Gasteiger partial charge in [0.15, 0.2) is 0 Å². The number of pyridine rings is 1. The van der Waals surface area contributed by atoms with Crippen LogP contribution in [-0.4, -0.2) is 17.6 Å². The summed E-state index contributed by atoms with van der Waals surface area (Å²) >= 11 is 5.51. The van der Waals surface area contributed by atoms with Crippen LogP contribution in [0.2, 0.25) is 0 Å². The Bertz CT molecular complexity index is 488. The van der Waals surface area contributed by atoms with Gasteiger partial charge in [-0.05, 0) is 18.6 Å². The molecule has 100 valence electrons. The first-order valence-corrected chi connectivity index (χ1v) is 5.77. The maximum atomic E-state index is 12.7. The van der Waals surface area contributed by atoms with Gasteiger partial charge in [-0.1, -0.05) is 0 Å². The molecule has 0 unspecified atom stereocenters. The molecular weight excluding hydrogens is 268 g/mol. The quantitative estimate of drug-likeness (QED) is 0.664. The van der Waals surface area contributed by atoms with Gasteiger partial charge >= 0.3 is 5.97 Å². The minimum atomic E-state index is -2.87. The van der Waals surface area contributed by atoms with E-state index in [1.54, 1.807) is 6.92 Å². The highest BCUT2D eigenvalue weighted by Crippen LogP contribution is 2.21. The standard InChI is InChI=1S/C11H12ClF2NO3/c1-2-18-8(16)4-6-3-7(5-12)11(17)15-9(6)10(13)14/h3,10H,2,4-5H2,1H3,(H,15,17). The Morgan fingerprint density at radius 1 is 1.50 bits per heavy atom. The smallest absolute Gasteiger partial charge is 0.310 e. The monoisotopic (exact) mass is 279 g/mol. The lowest BCUT2D eigenvalue weighted by Crippen LogP contribution is -2.18. The number of nitrogens with one attached hydrogen (secondary N) is 1. The fourth-order valence-corrected chi connectivity index (χ4v) is 1.64. The number of esters is 1. The van der Waals surface area contributed by atoms with Crippen molar-refractivity contribution in [3.05, 3.63) is 33.2 Å². The number of H-pyrrole nitrogens is 1. The van der Waals surface area contributed by atoms with Crippen LogP contribution in [0.25, 0.3) is 0 Å². The number of aromatic nitrogens is 1. The van der Waals surface area contributed by atoms with Crippen molar-refractivity contribution in [2.24, 2.45) is 0 Å². The van der Waals surface area contributed by atoms with E-state index >= 15 is 0 Å². The lowest BCUT2D eigenvalue weighted by atomic mass is 10.1. The van der Waals surface area contributed by atoms with Crippen molar-refractivity contribution in [2.75, 3.05) is 6.61 Å². The predicted octanol–water partition coefficient (Wildman–Crippen LogP) is 2.16. The molecule has 0 saturated carbocycles. The fourth-order valence-electron chi connectivity index (χ4n) is 1.44. The second kappa shape index (κ2) is 6.49. The van der Waals surface area contributed by atoms with Crippen molar-refractivity contribution >= 4 is 17.6 Å². The molecule has 0 radical (unpaired) electrons. The summed E-state index contributed by atoms with van der Waals surface area (Å²) in [5.41, 5.74) is -1.08. The van der Waals surface area contributed by atoms with Crippen LogP contribution in [0.4, 0.5) is 8.78 Å². The topological polar surface area (TPSA) is 59.2 Å². The van der Waals surface area contributed by atoms with E-state index in [1.165, 1.54) is 6.07 Å². The second-order valence-electron chi connectivity index (χ2n) is 3.48. The Morgan fingerprint density at radius 2 is 2.17 bits per heavy atom. The SMILES string of the molecule is CCOC(=O)Cc1cc(CCl)c(=O)[nH]c1C(F)F. The Kier molecular flexibility index (Phi) is 5.27. The lowest BCUT2D eigenvalue weighted by Gasteiger charge is -2.09. The minimum Gasteiger partial charge on any atom is -0.466 e. The Labute approximate surface area is 107 Å². The van der Waals surface area contributed by atoms with E-state index < -0.39 is 23.6 Å². The van der Waals surface area contributed by atoms with Crippen molar-refractivity contribution in [2.45, 2.75) is 25.7 Å². The van der Waals surface area contributed by atoms with Crippen LogP contribution in [0.5, 0.6) is 0 Å². The molecule has 0 atom stereocenters. The van der Waals surface area contributed by atoms with Crippen molar-refractivity contribution in [1.29, 1.82) is 0 Å². The van der Waals surface area contributed by atoms with E-state index in [9.17, 15) is 18.4 Å². The summed E-state index contributed by atoms with van der Waals surface area (Å²) in [4.78, 5) is 24.7. The van der Waals surface area contributed by atoms with Gasteiger partial charge in [-0.15, -0.1) is 11.6 Å². The van der Waals surface area contributed by atoms with Gasteiger partial charge in [0.1, 0.15) is 0 Å². The van der Waals surface area contributed by atoms with E-state index in [-0.39, 0.29) is 30.0 Å². The number of carbonyl (C=O) groups excluding carboxylic acids is 1. The van der Waals surface area contributed by atoms with E-state index in [0.717, 1.165) is 0 Å². The largest absolute Gasteiger partial charge is 0.466 e. The molecule has 0 bridgehead atoms. The van der Waals surface area contributed by atoms with Crippen LogP contribution in [-0.2, 0) is 21.8 Å². The summed E-state index contributed by atoms with van der Waals surface area (Å²) in [5, 5.41) is 0. The maximum absolute atomic E-state index is 12.7. The molecular formula is C11H12ClF2NO3. The molecule has 1 aromatic heterocycles. The molecule has 7 heteroatoms. The van der Waals surface area contributed by atoms with Gasteiger partial charge in [-0.2, -0.15) is 0 Å². The molecule has 0 aliphatic heterocycles. The van der Waals surface area contributed by atoms with Crippen molar-refractivity contribution < 1.29 is 18.3 Å². The first kappa shape index (κ1) is 14.6. The summed E-state index contributed by atoms with van der Waals surface area (Å²) in [5.74, 6) is -0.749. The number of alkyl halides is 3. The number of aromatic amines is 1. The number of hydrogen-bond donors (Lipinski definition) is 1. The second-order valence-corrected chi connectivity index (χ2v) is 3.75. The molecule has 0 aromatic carbocycles. The molecule has 1 N–H and O–H groups in total. The van der Waals surface area contributed by atoms with Gasteiger partial charge in [0, 0.05) is 5.56 Å². The Balaban J connectivity index is 3.14. The molecule has 0 aliphatic carbocycles. The summed E-state index contributed by atoms with van der Waals surface area (Å²) in [6.45, 7) is 1.78. The van der Waals surface area contributed by atoms with E-state index in [4.69, 9.17) is 11.6 Å². The summed E-state index contributed by atoms with van der Waals surface area (Å²) < 4.78 is 30.1. The molecule has 18 heavy (non-hydrogen) atoms. The first-order valence-electron chi connectivity index (χ1n) is 5.24. The van der Waals surface area contributed by atoms with Gasteiger partial charge in [-0.25, -0.2) is 8.78 Å². The van der Waals surface area contributed by atoms with Gasteiger partial charge in [0.2, 0.25) is 0 Å². The predicted molar refractivity (Wildman–Crippen MR) is 61.9 cm³/mol. The summed E-state index contributed by atoms with van der Waals surface area (Å²) in [6, 6.07) is 1.21. The Morgan fingerprint density at radius 3 is 2.67 bits per heavy atom. The number of ether oxygens (including phenoxy) is 1. The van der Waals surface area contributed by atoms with Crippen LogP contribution >= 0.6 is 11.6 Å². The van der Waals surface area contributed by atoms with Crippen LogP contribution in [0.1, 0.15) is 30.2 Å². The van der Waals surface area contributed by atoms with Crippen LogP contribution in [0, 0.1) is 0 Å². The molecule has 4 nitrogen and oxygen atoms in total. The van der Waals surface area contributed by atoms with Gasteiger partial charge < -0.3 is 9.72 Å². The summed E-state index contributed by atoms with van der Waals surface area (Å²) in [7, 11) is 0. The first-order chi connectivity index (χ1) is 8.49. The van der Waals surface area contributed by atoms with Gasteiger partial charge in [0.25, 0.3) is 12.0 Å². The van der Waals surface area contributed by atoms with Crippen molar-refractivity contribution in [1.82, 2.24) is 4.98 Å². The summed E-state index contributed by atoms with van der Waals surface area (Å²) in [6.07, 6.45) is -3.19. The molecule has 0 spiro atoms.